The van der Waals surface area contributed by atoms with E-state index in [4.69, 9.17) is 0 Å². The predicted octanol–water partition coefficient (Wildman–Crippen LogP) is -0.658. The second kappa shape index (κ2) is 7.62. The minimum atomic E-state index is -0.598. The molecule has 0 saturated carbocycles. The van der Waals surface area contributed by atoms with Gasteiger partial charge in [0.05, 0.1) is 12.2 Å². The highest BCUT2D eigenvalue weighted by molar-refractivity contribution is 6.05. The average molecular weight is 409 g/mol. The molecule has 3 amide bonds. The summed E-state index contributed by atoms with van der Waals surface area (Å²) in [6.07, 6.45) is 4.16. The van der Waals surface area contributed by atoms with Gasteiger partial charge in [0.15, 0.2) is 0 Å². The molecule has 3 atom stereocenters. The van der Waals surface area contributed by atoms with Crippen molar-refractivity contribution in [2.45, 2.75) is 44.1 Å². The summed E-state index contributed by atoms with van der Waals surface area (Å²) >= 11 is 0. The summed E-state index contributed by atoms with van der Waals surface area (Å²) in [5.74, 6) is -0.818. The largest absolute Gasteiger partial charge is 0.322 e. The highest BCUT2D eigenvalue weighted by atomic mass is 16.2. The molecule has 0 bridgehead atoms. The zero-order valence-electron chi connectivity index (χ0n) is 16.4. The number of imide groups is 1. The Hall–Kier alpha value is -3.11. The molecule has 3 aliphatic rings. The molecule has 1 aromatic carbocycles. The molecule has 3 N–H and O–H groups in total. The molecule has 0 radical (unpaired) electrons. The third-order valence-corrected chi connectivity index (χ3v) is 6.20. The van der Waals surface area contributed by atoms with Crippen molar-refractivity contribution >= 4 is 17.7 Å². The van der Waals surface area contributed by atoms with E-state index in [2.05, 4.69) is 26.3 Å². The van der Waals surface area contributed by atoms with Gasteiger partial charge < -0.3 is 15.5 Å². The predicted molar refractivity (Wildman–Crippen MR) is 105 cm³/mol. The number of aromatic nitrogens is 3. The Morgan fingerprint density at radius 2 is 2.10 bits per heavy atom. The van der Waals surface area contributed by atoms with Crippen LogP contribution in [0.2, 0.25) is 0 Å². The highest BCUT2D eigenvalue weighted by Gasteiger charge is 2.39. The maximum Gasteiger partial charge on any atom is 0.255 e. The summed E-state index contributed by atoms with van der Waals surface area (Å²) in [7, 11) is 0. The number of carbonyl (C=O) groups excluding carboxylic acids is 3. The van der Waals surface area contributed by atoms with Crippen LogP contribution >= 0.6 is 0 Å². The molecule has 2 saturated heterocycles. The third kappa shape index (κ3) is 3.27. The molecular formula is C20H23N7O3. The van der Waals surface area contributed by atoms with Crippen molar-refractivity contribution in [3.8, 4) is 0 Å². The van der Waals surface area contributed by atoms with Gasteiger partial charge in [0, 0.05) is 50.4 Å². The lowest BCUT2D eigenvalue weighted by Crippen LogP contribution is -2.52. The van der Waals surface area contributed by atoms with Gasteiger partial charge in [-0.25, -0.2) is 4.68 Å². The van der Waals surface area contributed by atoms with Crippen LogP contribution in [0.5, 0.6) is 0 Å². The normalized spacial score (nSPS) is 26.2. The fourth-order valence-corrected chi connectivity index (χ4v) is 4.60. The Morgan fingerprint density at radius 1 is 1.20 bits per heavy atom. The van der Waals surface area contributed by atoms with E-state index in [-0.39, 0.29) is 36.2 Å². The number of fused-ring (bicyclic) bond motifs is 1. The SMILES string of the molecule is O=C1CCC(N2Cc3c(CN[C@@H]4CNC[C@@H]4n4ccnn4)cccc3C2=O)C(=O)N1. The van der Waals surface area contributed by atoms with E-state index in [1.165, 1.54) is 0 Å². The van der Waals surface area contributed by atoms with Crippen molar-refractivity contribution in [1.29, 1.82) is 0 Å². The molecule has 0 aliphatic carbocycles. The number of amides is 3. The monoisotopic (exact) mass is 409 g/mol. The van der Waals surface area contributed by atoms with Gasteiger partial charge in [0.2, 0.25) is 11.8 Å². The molecule has 3 aliphatic heterocycles. The topological polar surface area (TPSA) is 121 Å². The Bertz CT molecular complexity index is 990. The fourth-order valence-electron chi connectivity index (χ4n) is 4.60. The molecule has 10 nitrogen and oxygen atoms in total. The van der Waals surface area contributed by atoms with Gasteiger partial charge in [-0.1, -0.05) is 17.3 Å². The number of benzene rings is 1. The zero-order chi connectivity index (χ0) is 20.7. The summed E-state index contributed by atoms with van der Waals surface area (Å²) in [6.45, 7) is 2.63. The van der Waals surface area contributed by atoms with E-state index in [1.54, 1.807) is 11.1 Å². The van der Waals surface area contributed by atoms with Crippen LogP contribution in [0.4, 0.5) is 0 Å². The van der Waals surface area contributed by atoms with Gasteiger partial charge in [0.25, 0.3) is 5.91 Å². The number of nitrogens with zero attached hydrogens (tertiary/aromatic N) is 4. The summed E-state index contributed by atoms with van der Waals surface area (Å²) in [5.41, 5.74) is 2.62. The molecule has 1 unspecified atom stereocenters. The number of nitrogens with one attached hydrogen (secondary N) is 3. The number of rotatable bonds is 5. The number of carbonyl (C=O) groups is 3. The summed E-state index contributed by atoms with van der Waals surface area (Å²) < 4.78 is 1.86. The van der Waals surface area contributed by atoms with Crippen molar-refractivity contribution in [1.82, 2.24) is 35.8 Å². The molecule has 0 spiro atoms. The van der Waals surface area contributed by atoms with E-state index in [0.29, 0.717) is 25.1 Å². The third-order valence-electron chi connectivity index (χ3n) is 6.20. The van der Waals surface area contributed by atoms with Crippen molar-refractivity contribution < 1.29 is 14.4 Å². The molecule has 156 valence electrons. The van der Waals surface area contributed by atoms with Crippen LogP contribution < -0.4 is 16.0 Å². The fraction of sp³-hybridized carbons (Fsp3) is 0.450. The van der Waals surface area contributed by atoms with Crippen LogP contribution in [0.3, 0.4) is 0 Å². The van der Waals surface area contributed by atoms with Crippen molar-refractivity contribution in [3.05, 3.63) is 47.3 Å². The first-order chi connectivity index (χ1) is 14.6. The van der Waals surface area contributed by atoms with Crippen LogP contribution in [0, 0.1) is 0 Å². The van der Waals surface area contributed by atoms with Gasteiger partial charge in [0.1, 0.15) is 6.04 Å². The lowest BCUT2D eigenvalue weighted by molar-refractivity contribution is -0.136. The van der Waals surface area contributed by atoms with Crippen LogP contribution in [0.25, 0.3) is 0 Å². The van der Waals surface area contributed by atoms with Crippen molar-refractivity contribution in [2.24, 2.45) is 0 Å². The van der Waals surface area contributed by atoms with E-state index in [9.17, 15) is 14.4 Å². The Kier molecular flexibility index (Phi) is 4.80. The number of hydrogen-bond acceptors (Lipinski definition) is 7. The molecule has 1 aromatic heterocycles. The second-order valence-corrected chi connectivity index (χ2v) is 7.94. The maximum atomic E-state index is 13.0. The minimum absolute atomic E-state index is 0.149. The van der Waals surface area contributed by atoms with Crippen LogP contribution in [0.1, 0.15) is 40.4 Å². The van der Waals surface area contributed by atoms with Gasteiger partial charge in [-0.15, -0.1) is 5.10 Å². The smallest absolute Gasteiger partial charge is 0.255 e. The lowest BCUT2D eigenvalue weighted by atomic mass is 10.0. The first-order valence-electron chi connectivity index (χ1n) is 10.2. The average Bonchev–Trinajstić information content (AvgIpc) is 3.47. The first kappa shape index (κ1) is 18.9. The van der Waals surface area contributed by atoms with E-state index >= 15 is 0 Å². The molecule has 30 heavy (non-hydrogen) atoms. The minimum Gasteiger partial charge on any atom is -0.322 e. The number of piperidine rings is 1. The molecule has 4 heterocycles. The Morgan fingerprint density at radius 3 is 2.90 bits per heavy atom. The van der Waals surface area contributed by atoms with E-state index in [1.807, 2.05) is 29.1 Å². The summed E-state index contributed by atoms with van der Waals surface area (Å²) in [5, 5.41) is 17.3. The molecular weight excluding hydrogens is 386 g/mol. The van der Waals surface area contributed by atoms with Crippen LogP contribution in [0.15, 0.2) is 30.6 Å². The van der Waals surface area contributed by atoms with E-state index < -0.39 is 6.04 Å². The van der Waals surface area contributed by atoms with Gasteiger partial charge in [-0.3, -0.25) is 19.7 Å². The van der Waals surface area contributed by atoms with Gasteiger partial charge in [-0.2, -0.15) is 0 Å². The van der Waals surface area contributed by atoms with Gasteiger partial charge in [-0.05, 0) is 23.6 Å². The zero-order valence-corrected chi connectivity index (χ0v) is 16.4. The van der Waals surface area contributed by atoms with Crippen LogP contribution in [-0.4, -0.2) is 62.8 Å². The number of hydrogen-bond donors (Lipinski definition) is 3. The Balaban J connectivity index is 1.31. The van der Waals surface area contributed by atoms with E-state index in [0.717, 1.165) is 24.2 Å². The molecule has 2 fully saturated rings. The van der Waals surface area contributed by atoms with Crippen molar-refractivity contribution in [2.75, 3.05) is 13.1 Å². The first-order valence-corrected chi connectivity index (χ1v) is 10.2. The Labute approximate surface area is 173 Å². The summed E-state index contributed by atoms with van der Waals surface area (Å²) in [6, 6.07) is 5.46. The standard InChI is InChI=1S/C20H23N7O3/c28-18-5-4-16(19(29)24-18)26-11-14-12(2-1-3-13(14)20(26)30)8-22-15-9-21-10-17(15)27-7-6-23-25-27/h1-3,6-7,15-17,21-22H,4-5,8-11H2,(H,24,28,29)/t15-,16?,17+/m1/s1. The molecule has 2 aromatic rings. The van der Waals surface area contributed by atoms with Gasteiger partial charge >= 0.3 is 0 Å². The quantitative estimate of drug-likeness (QED) is 0.561. The maximum absolute atomic E-state index is 13.0. The van der Waals surface area contributed by atoms with Crippen LogP contribution in [-0.2, 0) is 22.7 Å². The second-order valence-electron chi connectivity index (χ2n) is 7.94. The lowest BCUT2D eigenvalue weighted by Gasteiger charge is -2.29. The highest BCUT2D eigenvalue weighted by Crippen LogP contribution is 2.30. The summed E-state index contributed by atoms with van der Waals surface area (Å²) in [4.78, 5) is 38.3. The van der Waals surface area contributed by atoms with Crippen molar-refractivity contribution in [3.63, 3.8) is 0 Å². The molecule has 5 rings (SSSR count). The molecule has 10 heteroatoms.